The zero-order valence-electron chi connectivity index (χ0n) is 12.2. The second-order valence-electron chi connectivity index (χ2n) is 5.49. The minimum atomic E-state index is 0.00731. The number of anilines is 1. The zero-order valence-corrected chi connectivity index (χ0v) is 13.0. The Hall–Kier alpha value is -1.66. The van der Waals surface area contributed by atoms with E-state index in [1.54, 1.807) is 17.3 Å². The highest BCUT2D eigenvalue weighted by Crippen LogP contribution is 2.33. The van der Waals surface area contributed by atoms with E-state index in [2.05, 4.69) is 9.88 Å². The molecule has 0 aliphatic carbocycles. The van der Waals surface area contributed by atoms with Gasteiger partial charge in [-0.1, -0.05) is 0 Å². The standard InChI is InChI=1S/C15H20N4OS/c1-18(8-9-19-6-2-3-7-19)15(20)14-13(16)11-4-5-17-10-12(11)21-14/h4-5,10H,2-3,6-9,16H2,1H3. The Morgan fingerprint density at radius 3 is 2.95 bits per heavy atom. The molecule has 0 bridgehead atoms. The van der Waals surface area contributed by atoms with Crippen LogP contribution >= 0.6 is 11.3 Å². The fourth-order valence-corrected chi connectivity index (χ4v) is 3.79. The van der Waals surface area contributed by atoms with Gasteiger partial charge < -0.3 is 15.5 Å². The summed E-state index contributed by atoms with van der Waals surface area (Å²) in [6, 6.07) is 1.86. The second kappa shape index (κ2) is 5.99. The van der Waals surface area contributed by atoms with Crippen LogP contribution in [-0.4, -0.2) is 53.9 Å². The van der Waals surface area contributed by atoms with Crippen molar-refractivity contribution in [3.8, 4) is 0 Å². The van der Waals surface area contributed by atoms with Crippen LogP contribution < -0.4 is 5.73 Å². The van der Waals surface area contributed by atoms with E-state index < -0.39 is 0 Å². The van der Waals surface area contributed by atoms with Gasteiger partial charge in [0.15, 0.2) is 0 Å². The number of nitrogens with two attached hydrogens (primary N) is 1. The molecule has 2 aromatic heterocycles. The highest BCUT2D eigenvalue weighted by Gasteiger charge is 2.20. The number of hydrogen-bond acceptors (Lipinski definition) is 5. The molecule has 3 heterocycles. The van der Waals surface area contributed by atoms with Gasteiger partial charge in [0.1, 0.15) is 4.88 Å². The van der Waals surface area contributed by atoms with Crippen LogP contribution in [0.1, 0.15) is 22.5 Å². The predicted molar refractivity (Wildman–Crippen MR) is 86.7 cm³/mol. The first-order valence-electron chi connectivity index (χ1n) is 7.26. The normalized spacial score (nSPS) is 15.7. The number of carbonyl (C=O) groups excluding carboxylic acids is 1. The lowest BCUT2D eigenvalue weighted by Gasteiger charge is -2.21. The van der Waals surface area contributed by atoms with Gasteiger partial charge in [0.25, 0.3) is 5.91 Å². The van der Waals surface area contributed by atoms with Crippen LogP contribution in [0, 0.1) is 0 Å². The second-order valence-corrected chi connectivity index (χ2v) is 6.54. The third-order valence-corrected chi connectivity index (χ3v) is 5.17. The SMILES string of the molecule is CN(CCN1CCCC1)C(=O)c1sc2cnccc2c1N. The van der Waals surface area contributed by atoms with Gasteiger partial charge >= 0.3 is 0 Å². The quantitative estimate of drug-likeness (QED) is 0.939. The van der Waals surface area contributed by atoms with Crippen molar-refractivity contribution in [2.24, 2.45) is 0 Å². The smallest absolute Gasteiger partial charge is 0.265 e. The first-order chi connectivity index (χ1) is 10.2. The van der Waals surface area contributed by atoms with Crippen molar-refractivity contribution in [1.29, 1.82) is 0 Å². The predicted octanol–water partition coefficient (Wildman–Crippen LogP) is 2.05. The van der Waals surface area contributed by atoms with E-state index in [1.165, 1.54) is 24.2 Å². The molecule has 3 rings (SSSR count). The Bertz CT molecular complexity index is 648. The summed E-state index contributed by atoms with van der Waals surface area (Å²) in [5.41, 5.74) is 6.70. The molecular formula is C15H20N4OS. The first kappa shape index (κ1) is 14.3. The lowest BCUT2D eigenvalue weighted by Crippen LogP contribution is -2.35. The van der Waals surface area contributed by atoms with Crippen molar-refractivity contribution in [3.05, 3.63) is 23.3 Å². The van der Waals surface area contributed by atoms with Crippen molar-refractivity contribution in [3.63, 3.8) is 0 Å². The van der Waals surface area contributed by atoms with Crippen molar-refractivity contribution in [1.82, 2.24) is 14.8 Å². The number of thiophene rings is 1. The van der Waals surface area contributed by atoms with Gasteiger partial charge in [-0.3, -0.25) is 9.78 Å². The molecule has 0 atom stereocenters. The van der Waals surface area contributed by atoms with Crippen molar-refractivity contribution >= 4 is 33.0 Å². The van der Waals surface area contributed by atoms with E-state index in [0.717, 1.165) is 36.3 Å². The first-order valence-corrected chi connectivity index (χ1v) is 8.08. The lowest BCUT2D eigenvalue weighted by molar-refractivity contribution is 0.0788. The molecule has 0 aromatic carbocycles. The van der Waals surface area contributed by atoms with Crippen LogP contribution in [0.15, 0.2) is 18.5 Å². The molecule has 1 amide bonds. The average molecular weight is 304 g/mol. The van der Waals surface area contributed by atoms with Crippen molar-refractivity contribution in [2.45, 2.75) is 12.8 Å². The monoisotopic (exact) mass is 304 g/mol. The number of carbonyl (C=O) groups is 1. The molecular weight excluding hydrogens is 284 g/mol. The number of aromatic nitrogens is 1. The van der Waals surface area contributed by atoms with Gasteiger partial charge in [-0.2, -0.15) is 0 Å². The van der Waals surface area contributed by atoms with Gasteiger partial charge in [-0.05, 0) is 32.0 Å². The number of likely N-dealkylation sites (tertiary alicyclic amines) is 1. The Kier molecular flexibility index (Phi) is 4.07. The maximum Gasteiger partial charge on any atom is 0.265 e. The Balaban J connectivity index is 1.71. The van der Waals surface area contributed by atoms with Crippen LogP contribution in [0.2, 0.25) is 0 Å². The summed E-state index contributed by atoms with van der Waals surface area (Å²) in [6.07, 6.45) is 6.01. The molecule has 5 nitrogen and oxygen atoms in total. The largest absolute Gasteiger partial charge is 0.397 e. The number of rotatable bonds is 4. The van der Waals surface area contributed by atoms with Crippen LogP contribution in [-0.2, 0) is 0 Å². The van der Waals surface area contributed by atoms with Crippen LogP contribution in [0.4, 0.5) is 5.69 Å². The number of hydrogen-bond donors (Lipinski definition) is 1. The molecule has 1 fully saturated rings. The van der Waals surface area contributed by atoms with Gasteiger partial charge in [-0.25, -0.2) is 0 Å². The average Bonchev–Trinajstić information content (AvgIpc) is 3.13. The number of likely N-dealkylation sites (N-methyl/N-ethyl adjacent to an activating group) is 1. The van der Waals surface area contributed by atoms with E-state index in [1.807, 2.05) is 13.1 Å². The van der Waals surface area contributed by atoms with Crippen molar-refractivity contribution < 1.29 is 4.79 Å². The van der Waals surface area contributed by atoms with Gasteiger partial charge in [0.05, 0.1) is 10.4 Å². The van der Waals surface area contributed by atoms with E-state index in [-0.39, 0.29) is 5.91 Å². The molecule has 2 aromatic rings. The molecule has 0 unspecified atom stereocenters. The summed E-state index contributed by atoms with van der Waals surface area (Å²) in [7, 11) is 1.85. The molecule has 21 heavy (non-hydrogen) atoms. The fourth-order valence-electron chi connectivity index (χ4n) is 2.70. The zero-order chi connectivity index (χ0) is 14.8. The van der Waals surface area contributed by atoms with Gasteiger partial charge in [-0.15, -0.1) is 11.3 Å². The van der Waals surface area contributed by atoms with E-state index in [4.69, 9.17) is 5.73 Å². The van der Waals surface area contributed by atoms with Crippen molar-refractivity contribution in [2.75, 3.05) is 39.0 Å². The molecule has 0 radical (unpaired) electrons. The highest BCUT2D eigenvalue weighted by molar-refractivity contribution is 7.21. The third-order valence-electron chi connectivity index (χ3n) is 4.02. The molecule has 1 aliphatic heterocycles. The minimum Gasteiger partial charge on any atom is -0.397 e. The minimum absolute atomic E-state index is 0.00731. The maximum atomic E-state index is 12.6. The Morgan fingerprint density at radius 1 is 1.48 bits per heavy atom. The molecule has 1 saturated heterocycles. The van der Waals surface area contributed by atoms with Gasteiger partial charge in [0, 0.05) is 37.9 Å². The molecule has 6 heteroatoms. The summed E-state index contributed by atoms with van der Waals surface area (Å²) in [5.74, 6) is 0.00731. The summed E-state index contributed by atoms with van der Waals surface area (Å²) >= 11 is 1.43. The molecule has 0 spiro atoms. The third kappa shape index (κ3) is 2.87. The fraction of sp³-hybridized carbons (Fsp3) is 0.467. The maximum absolute atomic E-state index is 12.6. The number of pyridine rings is 1. The summed E-state index contributed by atoms with van der Waals surface area (Å²) in [6.45, 7) is 3.98. The van der Waals surface area contributed by atoms with Crippen LogP contribution in [0.25, 0.3) is 10.1 Å². The molecule has 112 valence electrons. The Morgan fingerprint density at radius 2 is 2.24 bits per heavy atom. The summed E-state index contributed by atoms with van der Waals surface area (Å²) < 4.78 is 0.964. The number of nitrogen functional groups attached to an aromatic ring is 1. The summed E-state index contributed by atoms with van der Waals surface area (Å²) in [4.78, 5) is 21.4. The summed E-state index contributed by atoms with van der Waals surface area (Å²) in [5, 5.41) is 0.922. The number of nitrogens with zero attached hydrogens (tertiary/aromatic N) is 3. The number of fused-ring (bicyclic) bond motifs is 1. The van der Waals surface area contributed by atoms with E-state index in [0.29, 0.717) is 10.6 Å². The topological polar surface area (TPSA) is 62.5 Å². The van der Waals surface area contributed by atoms with Crippen LogP contribution in [0.3, 0.4) is 0 Å². The van der Waals surface area contributed by atoms with Gasteiger partial charge in [0.2, 0.25) is 0 Å². The van der Waals surface area contributed by atoms with Crippen LogP contribution in [0.5, 0.6) is 0 Å². The molecule has 0 saturated carbocycles. The highest BCUT2D eigenvalue weighted by atomic mass is 32.1. The van der Waals surface area contributed by atoms with E-state index >= 15 is 0 Å². The Labute approximate surface area is 128 Å². The lowest BCUT2D eigenvalue weighted by atomic mass is 10.2. The molecule has 2 N–H and O–H groups in total. The molecule has 1 aliphatic rings. The van der Waals surface area contributed by atoms with E-state index in [9.17, 15) is 4.79 Å². The number of amides is 1.